The Morgan fingerprint density at radius 2 is 1.84 bits per heavy atom. The molecule has 0 saturated heterocycles. The van der Waals surface area contributed by atoms with Crippen LogP contribution in [0.4, 0.5) is 10.1 Å². The maximum atomic E-state index is 13.1. The summed E-state index contributed by atoms with van der Waals surface area (Å²) in [5.74, 6) is -0.543. The predicted octanol–water partition coefficient (Wildman–Crippen LogP) is 4.24. The molecule has 3 rings (SSSR count). The third kappa shape index (κ3) is 3.47. The molecule has 1 amide bonds. The minimum absolute atomic E-state index is 0.0933. The number of anilines is 1. The Labute approximate surface area is 143 Å². The maximum Gasteiger partial charge on any atom is 0.261 e. The summed E-state index contributed by atoms with van der Waals surface area (Å²) in [7, 11) is 0. The average molecular weight is 338 g/mol. The molecule has 0 saturated carbocycles. The fraction of sp³-hybridized carbons (Fsp3) is 0.105. The van der Waals surface area contributed by atoms with Gasteiger partial charge in [-0.25, -0.2) is 4.39 Å². The molecular formula is C19H15FN2O3. The van der Waals surface area contributed by atoms with Crippen LogP contribution in [0.25, 0.3) is 11.3 Å². The average Bonchev–Trinajstić information content (AvgIpc) is 2.97. The Bertz CT molecular complexity index is 946. The number of amides is 1. The van der Waals surface area contributed by atoms with Crippen molar-refractivity contribution in [3.63, 3.8) is 0 Å². The van der Waals surface area contributed by atoms with Crippen LogP contribution in [-0.4, -0.2) is 16.8 Å². The van der Waals surface area contributed by atoms with Crippen LogP contribution in [0.2, 0.25) is 0 Å². The monoisotopic (exact) mass is 338 g/mol. The van der Waals surface area contributed by atoms with E-state index in [0.29, 0.717) is 28.3 Å². The molecule has 1 N–H and O–H groups in total. The van der Waals surface area contributed by atoms with Crippen molar-refractivity contribution in [1.29, 1.82) is 0 Å². The molecule has 0 unspecified atom stereocenters. The lowest BCUT2D eigenvalue weighted by molar-refractivity contribution is 0.101. The van der Waals surface area contributed by atoms with Crippen molar-refractivity contribution in [3.05, 3.63) is 71.2 Å². The third-order valence-corrected chi connectivity index (χ3v) is 3.73. The number of carbonyl (C=O) groups is 2. The number of Topliss-reactive ketones (excluding diaryl/α,β-unsaturated/α-hetero) is 1. The molecule has 1 aromatic heterocycles. The Morgan fingerprint density at radius 1 is 1.12 bits per heavy atom. The third-order valence-electron chi connectivity index (χ3n) is 3.73. The predicted molar refractivity (Wildman–Crippen MR) is 91.0 cm³/mol. The van der Waals surface area contributed by atoms with Gasteiger partial charge in [-0.2, -0.15) is 0 Å². The quantitative estimate of drug-likeness (QED) is 0.722. The number of aryl methyl sites for hydroxylation is 1. The highest BCUT2D eigenvalue weighted by atomic mass is 19.1. The van der Waals surface area contributed by atoms with Crippen molar-refractivity contribution in [3.8, 4) is 11.3 Å². The van der Waals surface area contributed by atoms with E-state index in [4.69, 9.17) is 4.52 Å². The minimum Gasteiger partial charge on any atom is -0.360 e. The zero-order valence-electron chi connectivity index (χ0n) is 13.7. The first-order chi connectivity index (χ1) is 12.0. The van der Waals surface area contributed by atoms with Crippen LogP contribution in [0, 0.1) is 12.7 Å². The molecule has 0 aliphatic rings. The van der Waals surface area contributed by atoms with E-state index in [0.717, 1.165) is 0 Å². The van der Waals surface area contributed by atoms with Gasteiger partial charge in [-0.3, -0.25) is 9.59 Å². The second kappa shape index (κ2) is 6.68. The van der Waals surface area contributed by atoms with Crippen LogP contribution in [-0.2, 0) is 0 Å². The number of hydrogen-bond acceptors (Lipinski definition) is 4. The van der Waals surface area contributed by atoms with Crippen LogP contribution in [0.3, 0.4) is 0 Å². The molecule has 0 aliphatic heterocycles. The number of nitrogens with one attached hydrogen (secondary N) is 1. The summed E-state index contributed by atoms with van der Waals surface area (Å²) in [6.45, 7) is 3.08. The normalized spacial score (nSPS) is 10.5. The molecule has 126 valence electrons. The van der Waals surface area contributed by atoms with Gasteiger partial charge in [0, 0.05) is 16.8 Å². The van der Waals surface area contributed by atoms with Gasteiger partial charge >= 0.3 is 0 Å². The van der Waals surface area contributed by atoms with Gasteiger partial charge in [-0.15, -0.1) is 0 Å². The highest BCUT2D eigenvalue weighted by molar-refractivity contribution is 6.09. The lowest BCUT2D eigenvalue weighted by atomic mass is 10.1. The van der Waals surface area contributed by atoms with E-state index in [1.807, 2.05) is 0 Å². The highest BCUT2D eigenvalue weighted by Gasteiger charge is 2.22. The standard InChI is InChI=1S/C19H15FN2O3/c1-11(23)14-4-3-5-16(10-14)21-19(24)17-12(2)25-22-18(17)13-6-8-15(20)9-7-13/h3-10H,1-2H3,(H,21,24). The van der Waals surface area contributed by atoms with Crippen molar-refractivity contribution in [2.24, 2.45) is 0 Å². The lowest BCUT2D eigenvalue weighted by Gasteiger charge is -2.07. The van der Waals surface area contributed by atoms with Gasteiger partial charge in [-0.05, 0) is 50.2 Å². The molecule has 1 heterocycles. The van der Waals surface area contributed by atoms with Gasteiger partial charge in [0.05, 0.1) is 0 Å². The summed E-state index contributed by atoms with van der Waals surface area (Å²) in [6.07, 6.45) is 0. The molecule has 0 aliphatic carbocycles. The molecule has 0 bridgehead atoms. The Morgan fingerprint density at radius 3 is 2.52 bits per heavy atom. The second-order valence-electron chi connectivity index (χ2n) is 5.56. The van der Waals surface area contributed by atoms with Crippen LogP contribution in [0.15, 0.2) is 53.1 Å². The summed E-state index contributed by atoms with van der Waals surface area (Å²) >= 11 is 0. The number of hydrogen-bond donors (Lipinski definition) is 1. The number of rotatable bonds is 4. The van der Waals surface area contributed by atoms with Gasteiger partial charge in [0.2, 0.25) is 0 Å². The van der Waals surface area contributed by atoms with Gasteiger partial charge in [0.25, 0.3) is 5.91 Å². The zero-order chi connectivity index (χ0) is 18.0. The molecule has 0 spiro atoms. The Hall–Kier alpha value is -3.28. The summed E-state index contributed by atoms with van der Waals surface area (Å²) in [4.78, 5) is 24.1. The van der Waals surface area contributed by atoms with E-state index >= 15 is 0 Å². The first-order valence-corrected chi connectivity index (χ1v) is 7.60. The maximum absolute atomic E-state index is 13.1. The van der Waals surface area contributed by atoms with Gasteiger partial charge in [0.15, 0.2) is 5.78 Å². The molecule has 0 radical (unpaired) electrons. The number of nitrogens with zero attached hydrogens (tertiary/aromatic N) is 1. The largest absolute Gasteiger partial charge is 0.360 e. The van der Waals surface area contributed by atoms with E-state index in [2.05, 4.69) is 10.5 Å². The lowest BCUT2D eigenvalue weighted by Crippen LogP contribution is -2.13. The minimum atomic E-state index is -0.418. The number of ketones is 1. The first kappa shape index (κ1) is 16.6. The molecule has 6 heteroatoms. The highest BCUT2D eigenvalue weighted by Crippen LogP contribution is 2.26. The van der Waals surface area contributed by atoms with Crippen LogP contribution in [0.5, 0.6) is 0 Å². The van der Waals surface area contributed by atoms with E-state index in [9.17, 15) is 14.0 Å². The second-order valence-corrected chi connectivity index (χ2v) is 5.56. The van der Waals surface area contributed by atoms with E-state index in [-0.39, 0.29) is 17.2 Å². The molecule has 0 atom stereocenters. The first-order valence-electron chi connectivity index (χ1n) is 7.60. The number of aromatic nitrogens is 1. The van der Waals surface area contributed by atoms with Crippen molar-refractivity contribution < 1.29 is 18.5 Å². The molecular weight excluding hydrogens is 323 g/mol. The number of benzene rings is 2. The topological polar surface area (TPSA) is 72.2 Å². The molecule has 2 aromatic carbocycles. The van der Waals surface area contributed by atoms with Crippen LogP contribution in [0.1, 0.15) is 33.4 Å². The molecule has 25 heavy (non-hydrogen) atoms. The van der Waals surface area contributed by atoms with Gasteiger partial charge in [0.1, 0.15) is 22.8 Å². The van der Waals surface area contributed by atoms with Crippen molar-refractivity contribution in [1.82, 2.24) is 5.16 Å². The zero-order valence-corrected chi connectivity index (χ0v) is 13.7. The molecule has 0 fully saturated rings. The van der Waals surface area contributed by atoms with Crippen molar-refractivity contribution in [2.75, 3.05) is 5.32 Å². The van der Waals surface area contributed by atoms with Gasteiger partial charge in [-0.1, -0.05) is 17.3 Å². The van der Waals surface area contributed by atoms with Crippen LogP contribution < -0.4 is 5.32 Å². The van der Waals surface area contributed by atoms with Crippen molar-refractivity contribution in [2.45, 2.75) is 13.8 Å². The number of halogens is 1. The fourth-order valence-electron chi connectivity index (χ4n) is 2.45. The van der Waals surface area contributed by atoms with E-state index in [1.54, 1.807) is 31.2 Å². The Balaban J connectivity index is 1.93. The molecule has 3 aromatic rings. The SMILES string of the molecule is CC(=O)c1cccc(NC(=O)c2c(-c3ccc(F)cc3)noc2C)c1. The van der Waals surface area contributed by atoms with Crippen LogP contribution >= 0.6 is 0 Å². The summed E-state index contributed by atoms with van der Waals surface area (Å²) in [6, 6.07) is 12.3. The summed E-state index contributed by atoms with van der Waals surface area (Å²) < 4.78 is 18.2. The van der Waals surface area contributed by atoms with Crippen molar-refractivity contribution >= 4 is 17.4 Å². The summed E-state index contributed by atoms with van der Waals surface area (Å²) in [5.41, 5.74) is 2.15. The molecule has 5 nitrogen and oxygen atoms in total. The fourth-order valence-corrected chi connectivity index (χ4v) is 2.45. The van der Waals surface area contributed by atoms with E-state index in [1.165, 1.54) is 31.2 Å². The number of carbonyl (C=O) groups excluding carboxylic acids is 2. The van der Waals surface area contributed by atoms with Gasteiger partial charge < -0.3 is 9.84 Å². The Kier molecular flexibility index (Phi) is 4.43. The smallest absolute Gasteiger partial charge is 0.261 e. The summed E-state index contributed by atoms with van der Waals surface area (Å²) in [5, 5.41) is 6.65. The van der Waals surface area contributed by atoms with E-state index < -0.39 is 5.91 Å².